The molecule has 0 radical (unpaired) electrons. The minimum absolute atomic E-state index is 0.0253. The van der Waals surface area contributed by atoms with E-state index in [1.165, 1.54) is 44.2 Å². The summed E-state index contributed by atoms with van der Waals surface area (Å²) in [5, 5.41) is -0.285. The molecule has 0 bridgehead atoms. The zero-order valence-corrected chi connectivity index (χ0v) is 35.8. The number of likely N-dealkylation sites (tertiary alicyclic amines) is 1. The highest BCUT2D eigenvalue weighted by Gasteiger charge is 2.48. The van der Waals surface area contributed by atoms with E-state index in [1.54, 1.807) is 33.8 Å². The normalized spacial score (nSPS) is 20.0. The van der Waals surface area contributed by atoms with Gasteiger partial charge in [-0.2, -0.15) is 26.3 Å². The van der Waals surface area contributed by atoms with Crippen LogP contribution in [-0.2, 0) is 37.7 Å². The lowest BCUT2D eigenvalue weighted by Gasteiger charge is -2.48. The Morgan fingerprint density at radius 3 is 2.05 bits per heavy atom. The van der Waals surface area contributed by atoms with Crippen molar-refractivity contribution < 1.29 is 54.0 Å². The zero-order chi connectivity index (χ0) is 43.0. The third-order valence-corrected chi connectivity index (χ3v) is 16.8. The molecule has 0 aromatic heterocycles. The van der Waals surface area contributed by atoms with Crippen LogP contribution in [-0.4, -0.2) is 65.7 Å². The topological polar surface area (TPSA) is 94.2 Å². The van der Waals surface area contributed by atoms with Crippen molar-refractivity contribution in [3.8, 4) is 0 Å². The number of ether oxygens (including phenoxy) is 1. The Labute approximate surface area is 329 Å². The van der Waals surface area contributed by atoms with Gasteiger partial charge in [-0.25, -0.2) is 14.0 Å². The average Bonchev–Trinajstić information content (AvgIpc) is 3.06. The number of aryl methyl sites for hydroxylation is 1. The van der Waals surface area contributed by atoms with Crippen molar-refractivity contribution in [1.82, 2.24) is 14.5 Å². The molecular formula is C39H54F7N3O5SSi. The van der Waals surface area contributed by atoms with Gasteiger partial charge in [0.2, 0.25) is 0 Å². The molecule has 1 aliphatic heterocycles. The van der Waals surface area contributed by atoms with Gasteiger partial charge < -0.3 is 23.5 Å². The first-order chi connectivity index (χ1) is 25.3. The third-order valence-electron chi connectivity index (χ3n) is 10.7. The first-order valence-corrected chi connectivity index (χ1v) is 22.2. The lowest BCUT2D eigenvalue weighted by Crippen LogP contribution is -2.60. The fourth-order valence-corrected chi connectivity index (χ4v) is 8.05. The lowest BCUT2D eigenvalue weighted by molar-refractivity contribution is -0.143. The largest absolute Gasteiger partial charge is 0.598 e. The fourth-order valence-electron chi connectivity index (χ4n) is 6.06. The number of nitrogens with zero attached hydrogens (tertiary/aromatic N) is 2. The van der Waals surface area contributed by atoms with Crippen molar-refractivity contribution in [1.29, 1.82) is 0 Å². The number of piperidine rings is 1. The number of amides is 2. The van der Waals surface area contributed by atoms with Crippen LogP contribution in [0.1, 0.15) is 108 Å². The van der Waals surface area contributed by atoms with Gasteiger partial charge >= 0.3 is 24.4 Å². The molecule has 1 saturated heterocycles. The SMILES string of the molecule is COC(=O)C(=CC[C@]1(N[S@+]([O-])C(C)(C)C)CCN(C(=O)N(C)[C@H](C)c2cc(C(F)(F)F)cc(C(F)(F)F)c2)[C@@H](c2ccc(F)cc2C)C1)O[Si](C)(C)C(C)(C)C. The van der Waals surface area contributed by atoms with Crippen LogP contribution in [0.5, 0.6) is 0 Å². The predicted octanol–water partition coefficient (Wildman–Crippen LogP) is 10.4. The van der Waals surface area contributed by atoms with Gasteiger partial charge in [-0.05, 0) is 125 Å². The molecule has 0 unspecified atom stereocenters. The molecule has 4 atom stereocenters. The van der Waals surface area contributed by atoms with Crippen molar-refractivity contribution in [2.24, 2.45) is 0 Å². The van der Waals surface area contributed by atoms with Crippen LogP contribution >= 0.6 is 0 Å². The van der Waals surface area contributed by atoms with E-state index in [0.717, 1.165) is 4.90 Å². The summed E-state index contributed by atoms with van der Waals surface area (Å²) < 4.78 is 125. The zero-order valence-electron chi connectivity index (χ0n) is 34.0. The minimum atomic E-state index is -5.09. The second kappa shape index (κ2) is 16.9. The fraction of sp³-hybridized carbons (Fsp3) is 0.590. The molecular weight excluding hydrogens is 784 g/mol. The molecule has 3 rings (SSSR count). The maximum atomic E-state index is 14.5. The molecule has 1 fully saturated rings. The molecule has 1 aliphatic rings. The number of rotatable bonds is 10. The van der Waals surface area contributed by atoms with Gasteiger partial charge in [0.25, 0.3) is 8.32 Å². The summed E-state index contributed by atoms with van der Waals surface area (Å²) in [6, 6.07) is 2.40. The second-order valence-electron chi connectivity index (χ2n) is 17.0. The number of alkyl halides is 6. The van der Waals surface area contributed by atoms with Crippen LogP contribution in [0, 0.1) is 12.7 Å². The van der Waals surface area contributed by atoms with Crippen LogP contribution < -0.4 is 4.72 Å². The van der Waals surface area contributed by atoms with E-state index in [4.69, 9.17) is 9.16 Å². The molecule has 314 valence electrons. The number of halogens is 7. The monoisotopic (exact) mass is 837 g/mol. The molecule has 2 aromatic rings. The summed E-state index contributed by atoms with van der Waals surface area (Å²) in [6.45, 7) is 18.2. The number of methoxy groups -OCH3 is 1. The Morgan fingerprint density at radius 2 is 1.59 bits per heavy atom. The van der Waals surface area contributed by atoms with Gasteiger partial charge in [0.1, 0.15) is 10.6 Å². The average molecular weight is 838 g/mol. The second-order valence-corrected chi connectivity index (χ2v) is 23.7. The molecule has 56 heavy (non-hydrogen) atoms. The number of benzene rings is 2. The van der Waals surface area contributed by atoms with E-state index >= 15 is 0 Å². The number of hydrogen-bond acceptors (Lipinski definition) is 6. The summed E-state index contributed by atoms with van der Waals surface area (Å²) in [7, 11) is -0.0595. The van der Waals surface area contributed by atoms with Crippen molar-refractivity contribution >= 4 is 31.7 Å². The van der Waals surface area contributed by atoms with Gasteiger partial charge in [0, 0.05) is 25.0 Å². The number of carbonyl (C=O) groups is 2. The molecule has 0 aliphatic carbocycles. The molecule has 1 heterocycles. The molecule has 2 aromatic carbocycles. The highest BCUT2D eigenvalue weighted by atomic mass is 32.2. The third kappa shape index (κ3) is 11.2. The van der Waals surface area contributed by atoms with Crippen LogP contribution in [0.2, 0.25) is 18.1 Å². The van der Waals surface area contributed by atoms with E-state index < -0.39 is 83.3 Å². The van der Waals surface area contributed by atoms with Crippen LogP contribution in [0.15, 0.2) is 48.2 Å². The van der Waals surface area contributed by atoms with Crippen LogP contribution in [0.3, 0.4) is 0 Å². The van der Waals surface area contributed by atoms with Gasteiger partial charge in [0.05, 0.1) is 35.9 Å². The summed E-state index contributed by atoms with van der Waals surface area (Å²) in [5.41, 5.74) is -3.49. The maximum Gasteiger partial charge on any atom is 0.416 e. The quantitative estimate of drug-likeness (QED) is 0.0640. The first-order valence-electron chi connectivity index (χ1n) is 18.1. The molecule has 0 spiro atoms. The number of carbonyl (C=O) groups excluding carboxylic acids is 2. The molecule has 2 amide bonds. The van der Waals surface area contributed by atoms with Gasteiger partial charge in [0.15, 0.2) is 5.76 Å². The van der Waals surface area contributed by atoms with E-state index in [0.29, 0.717) is 23.3 Å². The van der Waals surface area contributed by atoms with Crippen LogP contribution in [0.25, 0.3) is 0 Å². The summed E-state index contributed by atoms with van der Waals surface area (Å²) in [6.07, 6.45) is -8.31. The Hall–Kier alpha value is -3.28. The van der Waals surface area contributed by atoms with Gasteiger partial charge in [-0.1, -0.05) is 26.8 Å². The summed E-state index contributed by atoms with van der Waals surface area (Å²) >= 11 is -1.68. The van der Waals surface area contributed by atoms with E-state index in [-0.39, 0.29) is 48.2 Å². The molecule has 1 N–H and O–H groups in total. The smallest absolute Gasteiger partial charge is 0.416 e. The maximum absolute atomic E-state index is 14.5. The van der Waals surface area contributed by atoms with Crippen molar-refractivity contribution in [2.45, 2.75) is 128 Å². The number of hydrogen-bond donors (Lipinski definition) is 1. The number of nitrogens with one attached hydrogen (secondary N) is 1. The highest BCUT2D eigenvalue weighted by Crippen LogP contribution is 2.44. The van der Waals surface area contributed by atoms with E-state index in [1.807, 2.05) is 33.9 Å². The Balaban J connectivity index is 2.17. The summed E-state index contributed by atoms with van der Waals surface area (Å²) in [4.78, 5) is 30.0. The predicted molar refractivity (Wildman–Crippen MR) is 205 cm³/mol. The minimum Gasteiger partial charge on any atom is -0.598 e. The highest BCUT2D eigenvalue weighted by molar-refractivity contribution is 7.90. The molecule has 17 heteroatoms. The standard InChI is InChI=1S/C39H54F7N3O5SSi/c1-24-19-29(40)13-14-30(24)31-23-37(47-55(52)35(3,4)5,16-15-32(33(50)53-10)54-56(11,12)36(6,7)8)17-18-49(31)34(51)48(9)25(2)26-20-27(38(41,42)43)22-28(21-26)39(44,45)46/h13-15,19-22,25,31,47H,16-18,23H2,1-12H3/t25-,31-,37+,55-/m1/s1. The Bertz CT molecular complexity index is 1740. The summed E-state index contributed by atoms with van der Waals surface area (Å²) in [5.74, 6) is -1.27. The Morgan fingerprint density at radius 1 is 1.04 bits per heavy atom. The molecule has 8 nitrogen and oxygen atoms in total. The van der Waals surface area contributed by atoms with Crippen LogP contribution in [0.4, 0.5) is 35.5 Å². The van der Waals surface area contributed by atoms with Crippen molar-refractivity contribution in [3.63, 3.8) is 0 Å². The number of urea groups is 1. The van der Waals surface area contributed by atoms with Crippen molar-refractivity contribution in [2.75, 3.05) is 20.7 Å². The van der Waals surface area contributed by atoms with E-state index in [2.05, 4.69) is 4.72 Å². The number of esters is 1. The Kier molecular flexibility index (Phi) is 14.2. The van der Waals surface area contributed by atoms with Gasteiger partial charge in [-0.15, -0.1) is 4.72 Å². The van der Waals surface area contributed by atoms with E-state index in [9.17, 15) is 44.9 Å². The lowest BCUT2D eigenvalue weighted by atomic mass is 9.78. The first kappa shape index (κ1) is 47.1. The van der Waals surface area contributed by atoms with Gasteiger partial charge in [-0.3, -0.25) is 0 Å². The van der Waals surface area contributed by atoms with Crippen molar-refractivity contribution in [3.05, 3.63) is 81.9 Å². The molecule has 0 saturated carbocycles.